The first kappa shape index (κ1) is 19.8. The van der Waals surface area contributed by atoms with Crippen LogP contribution in [0.5, 0.6) is 0 Å². The van der Waals surface area contributed by atoms with Crippen LogP contribution < -0.4 is 0 Å². The van der Waals surface area contributed by atoms with Crippen LogP contribution in [0.15, 0.2) is 60.3 Å². The molecule has 0 aliphatic carbocycles. The summed E-state index contributed by atoms with van der Waals surface area (Å²) in [5.74, 6) is -1.50. The molecule has 0 bridgehead atoms. The molecule has 1 aromatic carbocycles. The molecule has 2 heterocycles. The first-order chi connectivity index (χ1) is 13.5. The van der Waals surface area contributed by atoms with Gasteiger partial charge < -0.3 is 14.7 Å². The Morgan fingerprint density at radius 1 is 1.14 bits per heavy atom. The summed E-state index contributed by atoms with van der Waals surface area (Å²) in [4.78, 5) is 31.3. The zero-order chi connectivity index (χ0) is 20.1. The molecule has 1 aromatic heterocycles. The molecule has 6 heteroatoms. The third-order valence-corrected chi connectivity index (χ3v) is 4.55. The van der Waals surface area contributed by atoms with Gasteiger partial charge in [0.25, 0.3) is 11.7 Å². The van der Waals surface area contributed by atoms with E-state index in [0.717, 1.165) is 0 Å². The topological polar surface area (TPSA) is 79.7 Å². The lowest BCUT2D eigenvalue weighted by Crippen LogP contribution is -2.31. The molecular weight excluding hydrogens is 356 g/mol. The Labute approximate surface area is 164 Å². The van der Waals surface area contributed by atoms with Crippen LogP contribution in [0.1, 0.15) is 37.6 Å². The van der Waals surface area contributed by atoms with Crippen LogP contribution in [0.2, 0.25) is 0 Å². The number of carbonyl (C=O) groups excluding carboxylic acids is 2. The molecule has 1 aliphatic rings. The number of likely N-dealkylation sites (tertiary alicyclic amines) is 1. The Bertz CT molecular complexity index is 863. The highest BCUT2D eigenvalue weighted by Crippen LogP contribution is 2.38. The Morgan fingerprint density at radius 2 is 1.86 bits per heavy atom. The number of Topliss-reactive ketones (excluding diaryl/α,β-unsaturated/α-hetero) is 1. The number of amides is 1. The van der Waals surface area contributed by atoms with Crippen LogP contribution in [0.25, 0.3) is 5.76 Å². The SMILES string of the molecule is CC(C)OCCCN1C(=O)C(=O)/C(=C(/O)c2ccccc2)C1c1ccccn1. The van der Waals surface area contributed by atoms with Crippen molar-refractivity contribution < 1.29 is 19.4 Å². The molecule has 1 saturated heterocycles. The normalized spacial score (nSPS) is 18.8. The predicted molar refractivity (Wildman–Crippen MR) is 105 cm³/mol. The van der Waals surface area contributed by atoms with Crippen LogP contribution in [-0.4, -0.2) is 45.9 Å². The summed E-state index contributed by atoms with van der Waals surface area (Å²) in [7, 11) is 0. The average Bonchev–Trinajstić information content (AvgIpc) is 2.96. The maximum absolute atomic E-state index is 12.8. The number of nitrogens with zero attached hydrogens (tertiary/aromatic N) is 2. The van der Waals surface area contributed by atoms with Crippen LogP contribution >= 0.6 is 0 Å². The van der Waals surface area contributed by atoms with Crippen molar-refractivity contribution in [1.82, 2.24) is 9.88 Å². The van der Waals surface area contributed by atoms with Crippen LogP contribution in [0.4, 0.5) is 0 Å². The summed E-state index contributed by atoms with van der Waals surface area (Å²) in [5, 5.41) is 10.8. The number of carbonyl (C=O) groups is 2. The van der Waals surface area contributed by atoms with E-state index in [2.05, 4.69) is 4.98 Å². The van der Waals surface area contributed by atoms with E-state index in [4.69, 9.17) is 4.74 Å². The van der Waals surface area contributed by atoms with Gasteiger partial charge in [0.05, 0.1) is 17.4 Å². The van der Waals surface area contributed by atoms with E-state index in [1.807, 2.05) is 19.9 Å². The standard InChI is InChI=1S/C22H24N2O4/c1-15(2)28-14-8-13-24-19(17-11-6-7-12-23-17)18(21(26)22(24)27)20(25)16-9-4-3-5-10-16/h3-7,9-12,15,19,25H,8,13-14H2,1-2H3/b20-18+. The van der Waals surface area contributed by atoms with Gasteiger partial charge in [0.1, 0.15) is 11.8 Å². The second kappa shape index (κ2) is 8.80. The first-order valence-electron chi connectivity index (χ1n) is 9.37. The van der Waals surface area contributed by atoms with Crippen molar-refractivity contribution in [3.05, 3.63) is 71.6 Å². The molecule has 1 fully saturated rings. The molecule has 0 saturated carbocycles. The van der Waals surface area contributed by atoms with Crippen molar-refractivity contribution in [1.29, 1.82) is 0 Å². The van der Waals surface area contributed by atoms with Gasteiger partial charge in [-0.25, -0.2) is 0 Å². The minimum absolute atomic E-state index is 0.0691. The summed E-state index contributed by atoms with van der Waals surface area (Å²) < 4.78 is 5.55. The molecule has 1 aliphatic heterocycles. The molecule has 2 aromatic rings. The molecule has 146 valence electrons. The van der Waals surface area contributed by atoms with Crippen molar-refractivity contribution in [2.75, 3.05) is 13.2 Å². The van der Waals surface area contributed by atoms with E-state index in [1.165, 1.54) is 4.90 Å². The minimum atomic E-state index is -0.722. The smallest absolute Gasteiger partial charge is 0.295 e. The second-order valence-electron chi connectivity index (χ2n) is 6.89. The number of hydrogen-bond donors (Lipinski definition) is 1. The lowest BCUT2D eigenvalue weighted by Gasteiger charge is -2.24. The highest BCUT2D eigenvalue weighted by atomic mass is 16.5. The van der Waals surface area contributed by atoms with Crippen molar-refractivity contribution in [2.24, 2.45) is 0 Å². The number of ether oxygens (including phenoxy) is 1. The molecule has 1 unspecified atom stereocenters. The van der Waals surface area contributed by atoms with Gasteiger partial charge in [0.2, 0.25) is 0 Å². The fourth-order valence-corrected chi connectivity index (χ4v) is 3.26. The lowest BCUT2D eigenvalue weighted by molar-refractivity contribution is -0.140. The molecule has 0 spiro atoms. The monoisotopic (exact) mass is 380 g/mol. The van der Waals surface area contributed by atoms with Crippen LogP contribution in [-0.2, 0) is 14.3 Å². The average molecular weight is 380 g/mol. The maximum atomic E-state index is 12.8. The second-order valence-corrected chi connectivity index (χ2v) is 6.89. The number of hydrogen-bond acceptors (Lipinski definition) is 5. The van der Waals surface area contributed by atoms with E-state index in [-0.39, 0.29) is 17.4 Å². The Kier molecular flexibility index (Phi) is 6.21. The fraction of sp³-hybridized carbons (Fsp3) is 0.318. The van der Waals surface area contributed by atoms with E-state index in [0.29, 0.717) is 30.8 Å². The number of aromatic nitrogens is 1. The first-order valence-corrected chi connectivity index (χ1v) is 9.37. The third kappa shape index (κ3) is 4.12. The predicted octanol–water partition coefficient (Wildman–Crippen LogP) is 3.32. The molecule has 6 nitrogen and oxygen atoms in total. The summed E-state index contributed by atoms with van der Waals surface area (Å²) in [6.45, 7) is 4.71. The number of pyridine rings is 1. The van der Waals surface area contributed by atoms with Crippen molar-refractivity contribution >= 4 is 17.4 Å². The molecule has 1 atom stereocenters. The van der Waals surface area contributed by atoms with Gasteiger partial charge in [-0.2, -0.15) is 0 Å². The number of rotatable bonds is 7. The van der Waals surface area contributed by atoms with Crippen LogP contribution in [0.3, 0.4) is 0 Å². The summed E-state index contributed by atoms with van der Waals surface area (Å²) in [6.07, 6.45) is 2.29. The Balaban J connectivity index is 1.99. The third-order valence-electron chi connectivity index (χ3n) is 4.55. The minimum Gasteiger partial charge on any atom is -0.507 e. The van der Waals surface area contributed by atoms with E-state index in [9.17, 15) is 14.7 Å². The zero-order valence-electron chi connectivity index (χ0n) is 16.0. The Morgan fingerprint density at radius 3 is 2.50 bits per heavy atom. The van der Waals surface area contributed by atoms with Gasteiger partial charge in [0.15, 0.2) is 0 Å². The quantitative estimate of drug-likeness (QED) is 0.345. The number of ketones is 1. The van der Waals surface area contributed by atoms with Crippen LogP contribution in [0, 0.1) is 0 Å². The Hall–Kier alpha value is -2.99. The largest absolute Gasteiger partial charge is 0.507 e. The summed E-state index contributed by atoms with van der Waals surface area (Å²) >= 11 is 0. The van der Waals surface area contributed by atoms with Gasteiger partial charge in [0, 0.05) is 24.9 Å². The maximum Gasteiger partial charge on any atom is 0.295 e. The van der Waals surface area contributed by atoms with Crippen molar-refractivity contribution in [2.45, 2.75) is 32.4 Å². The van der Waals surface area contributed by atoms with Crippen molar-refractivity contribution in [3.63, 3.8) is 0 Å². The highest BCUT2D eigenvalue weighted by Gasteiger charge is 2.46. The summed E-state index contributed by atoms with van der Waals surface area (Å²) in [5.41, 5.74) is 1.10. The van der Waals surface area contributed by atoms with Gasteiger partial charge in [-0.15, -0.1) is 0 Å². The number of aliphatic hydroxyl groups excluding tert-OH is 1. The van der Waals surface area contributed by atoms with E-state index in [1.54, 1.807) is 48.7 Å². The molecule has 0 radical (unpaired) electrons. The van der Waals surface area contributed by atoms with Crippen molar-refractivity contribution in [3.8, 4) is 0 Å². The van der Waals surface area contributed by atoms with Gasteiger partial charge in [-0.1, -0.05) is 36.4 Å². The number of aliphatic hydroxyl groups is 1. The molecule has 1 amide bonds. The lowest BCUT2D eigenvalue weighted by atomic mass is 9.98. The van der Waals surface area contributed by atoms with E-state index >= 15 is 0 Å². The highest BCUT2D eigenvalue weighted by molar-refractivity contribution is 6.46. The van der Waals surface area contributed by atoms with Gasteiger partial charge >= 0.3 is 0 Å². The van der Waals surface area contributed by atoms with Gasteiger partial charge in [-0.3, -0.25) is 14.6 Å². The molecular formula is C22H24N2O4. The fourth-order valence-electron chi connectivity index (χ4n) is 3.26. The molecule has 1 N–H and O–H groups in total. The zero-order valence-corrected chi connectivity index (χ0v) is 16.0. The van der Waals surface area contributed by atoms with E-state index < -0.39 is 17.7 Å². The molecule has 3 rings (SSSR count). The molecule has 28 heavy (non-hydrogen) atoms. The van der Waals surface area contributed by atoms with Gasteiger partial charge in [-0.05, 0) is 32.4 Å². The number of benzene rings is 1. The summed E-state index contributed by atoms with van der Waals surface area (Å²) in [6, 6.07) is 13.4.